The number of hydrogen-bond acceptors (Lipinski definition) is 6. The predicted molar refractivity (Wildman–Crippen MR) is 117 cm³/mol. The van der Waals surface area contributed by atoms with Crippen LogP contribution in [-0.4, -0.2) is 63.9 Å². The second kappa shape index (κ2) is 7.48. The summed E-state index contributed by atoms with van der Waals surface area (Å²) in [5, 5.41) is 6.72. The SMILES string of the molecule is Cc1ccc(C2=NN(C3=NCC(c4ccc(C)nc4)=N3)CC2N2CCCC2=O)cc1. The van der Waals surface area contributed by atoms with E-state index in [0.29, 0.717) is 25.5 Å². The first-order valence-corrected chi connectivity index (χ1v) is 10.4. The molecule has 1 unspecified atom stereocenters. The molecule has 7 nitrogen and oxygen atoms in total. The number of hydrazone groups is 1. The van der Waals surface area contributed by atoms with Crippen molar-refractivity contribution < 1.29 is 4.79 Å². The Morgan fingerprint density at radius 2 is 1.83 bits per heavy atom. The summed E-state index contributed by atoms with van der Waals surface area (Å²) >= 11 is 0. The molecule has 7 heteroatoms. The molecular formula is C23H24N6O. The third kappa shape index (κ3) is 3.40. The Morgan fingerprint density at radius 1 is 1.03 bits per heavy atom. The molecule has 0 N–H and O–H groups in total. The number of hydrogen-bond donors (Lipinski definition) is 0. The molecule has 1 fully saturated rings. The van der Waals surface area contributed by atoms with E-state index in [2.05, 4.69) is 41.2 Å². The van der Waals surface area contributed by atoms with Gasteiger partial charge in [0.2, 0.25) is 11.9 Å². The fraction of sp³-hybridized carbons (Fsp3) is 0.348. The molecule has 152 valence electrons. The van der Waals surface area contributed by atoms with Crippen molar-refractivity contribution in [1.29, 1.82) is 0 Å². The van der Waals surface area contributed by atoms with Crippen molar-refractivity contribution in [3.8, 4) is 0 Å². The van der Waals surface area contributed by atoms with E-state index in [0.717, 1.165) is 41.2 Å². The number of likely N-dealkylation sites (tertiary alicyclic amines) is 1. The number of aryl methyl sites for hydroxylation is 2. The summed E-state index contributed by atoms with van der Waals surface area (Å²) < 4.78 is 0. The van der Waals surface area contributed by atoms with Crippen molar-refractivity contribution in [2.24, 2.45) is 15.1 Å². The van der Waals surface area contributed by atoms with Crippen LogP contribution in [0.3, 0.4) is 0 Å². The average Bonchev–Trinajstić information content (AvgIpc) is 3.48. The number of pyridine rings is 1. The molecule has 1 aromatic heterocycles. The lowest BCUT2D eigenvalue weighted by Crippen LogP contribution is -2.44. The molecule has 1 atom stereocenters. The lowest BCUT2D eigenvalue weighted by Gasteiger charge is -2.25. The minimum atomic E-state index is -0.0781. The molecule has 0 radical (unpaired) electrons. The quantitative estimate of drug-likeness (QED) is 0.795. The summed E-state index contributed by atoms with van der Waals surface area (Å²) in [5.74, 6) is 0.800. The first-order valence-electron chi connectivity index (χ1n) is 10.4. The number of aromatic nitrogens is 1. The van der Waals surface area contributed by atoms with E-state index in [1.54, 1.807) is 0 Å². The summed E-state index contributed by atoms with van der Waals surface area (Å²) in [6, 6.07) is 12.2. The monoisotopic (exact) mass is 400 g/mol. The Kier molecular flexibility index (Phi) is 4.65. The number of nitrogens with zero attached hydrogens (tertiary/aromatic N) is 6. The van der Waals surface area contributed by atoms with E-state index in [4.69, 9.17) is 10.1 Å². The van der Waals surface area contributed by atoms with Gasteiger partial charge in [-0.2, -0.15) is 5.10 Å². The van der Waals surface area contributed by atoms with Crippen molar-refractivity contribution in [2.45, 2.75) is 32.7 Å². The number of amides is 1. The fourth-order valence-corrected chi connectivity index (χ4v) is 4.10. The number of benzene rings is 1. The third-order valence-corrected chi connectivity index (χ3v) is 5.80. The lowest BCUT2D eigenvalue weighted by atomic mass is 10.0. The van der Waals surface area contributed by atoms with Crippen molar-refractivity contribution in [1.82, 2.24) is 14.9 Å². The van der Waals surface area contributed by atoms with Gasteiger partial charge in [-0.05, 0) is 38.0 Å². The van der Waals surface area contributed by atoms with Crippen LogP contribution >= 0.6 is 0 Å². The molecule has 2 aromatic rings. The number of carbonyl (C=O) groups excluding carboxylic acids is 1. The molecule has 30 heavy (non-hydrogen) atoms. The smallest absolute Gasteiger partial charge is 0.242 e. The lowest BCUT2D eigenvalue weighted by molar-refractivity contribution is -0.128. The van der Waals surface area contributed by atoms with Crippen molar-refractivity contribution in [2.75, 3.05) is 19.6 Å². The second-order valence-electron chi connectivity index (χ2n) is 8.00. The molecular weight excluding hydrogens is 376 g/mol. The first-order chi connectivity index (χ1) is 14.6. The van der Waals surface area contributed by atoms with Crippen LogP contribution in [0.1, 0.15) is 35.2 Å². The van der Waals surface area contributed by atoms with Crippen molar-refractivity contribution >= 4 is 23.3 Å². The molecule has 3 aliphatic heterocycles. The Morgan fingerprint density at radius 3 is 2.53 bits per heavy atom. The van der Waals surface area contributed by atoms with Crippen LogP contribution in [0.15, 0.2) is 57.7 Å². The van der Waals surface area contributed by atoms with Gasteiger partial charge in [0.15, 0.2) is 0 Å². The topological polar surface area (TPSA) is 73.5 Å². The highest BCUT2D eigenvalue weighted by Crippen LogP contribution is 2.25. The molecule has 1 aromatic carbocycles. The van der Waals surface area contributed by atoms with Crippen molar-refractivity contribution in [3.05, 3.63) is 65.0 Å². The van der Waals surface area contributed by atoms with Crippen LogP contribution in [0.25, 0.3) is 0 Å². The predicted octanol–water partition coefficient (Wildman–Crippen LogP) is 2.57. The highest BCUT2D eigenvalue weighted by Gasteiger charge is 2.39. The second-order valence-corrected chi connectivity index (χ2v) is 8.00. The van der Waals surface area contributed by atoms with Crippen LogP contribution in [0.5, 0.6) is 0 Å². The van der Waals surface area contributed by atoms with E-state index in [9.17, 15) is 4.79 Å². The maximum atomic E-state index is 12.5. The Balaban J connectivity index is 1.45. The molecule has 3 aliphatic rings. The fourth-order valence-electron chi connectivity index (χ4n) is 4.10. The van der Waals surface area contributed by atoms with Gasteiger partial charge in [-0.3, -0.25) is 9.78 Å². The highest BCUT2D eigenvalue weighted by atomic mass is 16.2. The molecule has 0 spiro atoms. The maximum Gasteiger partial charge on any atom is 0.242 e. The minimum absolute atomic E-state index is 0.0781. The highest BCUT2D eigenvalue weighted by molar-refractivity contribution is 6.13. The van der Waals surface area contributed by atoms with Crippen molar-refractivity contribution in [3.63, 3.8) is 0 Å². The van der Waals surface area contributed by atoms with Gasteiger partial charge in [-0.25, -0.2) is 15.0 Å². The summed E-state index contributed by atoms with van der Waals surface area (Å²) in [6.45, 7) is 5.90. The van der Waals surface area contributed by atoms with Crippen LogP contribution in [0, 0.1) is 13.8 Å². The summed E-state index contributed by atoms with van der Waals surface area (Å²) in [6.07, 6.45) is 3.35. The van der Waals surface area contributed by atoms with Gasteiger partial charge in [0.25, 0.3) is 0 Å². The maximum absolute atomic E-state index is 12.5. The normalized spacial score (nSPS) is 21.2. The van der Waals surface area contributed by atoms with Crippen LogP contribution in [0.4, 0.5) is 0 Å². The Hall–Kier alpha value is -3.35. The molecule has 0 bridgehead atoms. The Labute approximate surface area is 175 Å². The number of aliphatic imine (C=N–C) groups is 2. The molecule has 1 amide bonds. The summed E-state index contributed by atoms with van der Waals surface area (Å²) in [7, 11) is 0. The van der Waals surface area contributed by atoms with E-state index in [1.807, 2.05) is 35.2 Å². The van der Waals surface area contributed by atoms with Crippen LogP contribution < -0.4 is 0 Å². The zero-order chi connectivity index (χ0) is 20.7. The van der Waals surface area contributed by atoms with Gasteiger partial charge < -0.3 is 4.90 Å². The standard InChI is InChI=1S/C23H24N6O/c1-15-5-8-17(9-6-15)22-20(28-11-3-4-21(28)30)14-29(27-22)23-25-13-19(26-23)18-10-7-16(2)24-12-18/h5-10,12,20H,3-4,11,13-14H2,1-2H3. The average molecular weight is 400 g/mol. The van der Waals surface area contributed by atoms with Gasteiger partial charge in [0.1, 0.15) is 0 Å². The molecule has 1 saturated heterocycles. The third-order valence-electron chi connectivity index (χ3n) is 5.80. The van der Waals surface area contributed by atoms with Gasteiger partial charge in [0, 0.05) is 30.4 Å². The Bertz CT molecular complexity index is 1070. The first kappa shape index (κ1) is 18.7. The number of guanidine groups is 1. The van der Waals surface area contributed by atoms with E-state index < -0.39 is 0 Å². The zero-order valence-electron chi connectivity index (χ0n) is 17.2. The molecule has 5 rings (SSSR count). The number of carbonyl (C=O) groups is 1. The van der Waals surface area contributed by atoms with Crippen LogP contribution in [-0.2, 0) is 4.79 Å². The van der Waals surface area contributed by atoms with E-state index >= 15 is 0 Å². The zero-order valence-corrected chi connectivity index (χ0v) is 17.2. The van der Waals surface area contributed by atoms with E-state index in [-0.39, 0.29) is 11.9 Å². The van der Waals surface area contributed by atoms with E-state index in [1.165, 1.54) is 5.56 Å². The van der Waals surface area contributed by atoms with Crippen LogP contribution in [0.2, 0.25) is 0 Å². The van der Waals surface area contributed by atoms with Gasteiger partial charge in [-0.15, -0.1) is 0 Å². The van der Waals surface area contributed by atoms with Gasteiger partial charge in [-0.1, -0.05) is 29.8 Å². The minimum Gasteiger partial charge on any atom is -0.332 e. The number of rotatable bonds is 3. The molecule has 4 heterocycles. The summed E-state index contributed by atoms with van der Waals surface area (Å²) in [4.78, 5) is 28.1. The largest absolute Gasteiger partial charge is 0.332 e. The summed E-state index contributed by atoms with van der Waals surface area (Å²) in [5.41, 5.74) is 6.00. The molecule has 0 aliphatic carbocycles. The van der Waals surface area contributed by atoms with Gasteiger partial charge in [0.05, 0.1) is 30.6 Å². The molecule has 0 saturated carbocycles. The van der Waals surface area contributed by atoms with Gasteiger partial charge >= 0.3 is 0 Å².